The van der Waals surface area contributed by atoms with Crippen LogP contribution in [0.2, 0.25) is 0 Å². The molecule has 0 saturated carbocycles. The first-order chi connectivity index (χ1) is 10.9. The van der Waals surface area contributed by atoms with Gasteiger partial charge in [-0.2, -0.15) is 0 Å². The number of nitrogens with zero attached hydrogens (tertiary/aromatic N) is 4. The highest BCUT2D eigenvalue weighted by Gasteiger charge is 2.20. The maximum absolute atomic E-state index is 5.16. The molecule has 5 heteroatoms. The van der Waals surface area contributed by atoms with E-state index in [1.54, 1.807) is 6.26 Å². The van der Waals surface area contributed by atoms with Gasteiger partial charge in [-0.15, -0.1) is 0 Å². The number of rotatable bonds is 4. The molecule has 0 radical (unpaired) electrons. The maximum atomic E-state index is 5.16. The number of likely N-dealkylation sites (tertiary alicyclic amines) is 1. The van der Waals surface area contributed by atoms with Crippen molar-refractivity contribution in [3.05, 3.63) is 41.9 Å². The Bertz CT molecular complexity index is 598. The van der Waals surface area contributed by atoms with Gasteiger partial charge in [-0.25, -0.2) is 4.98 Å². The molecule has 4 heterocycles. The third-order valence-electron chi connectivity index (χ3n) is 4.75. The molecule has 2 aromatic heterocycles. The predicted octanol–water partition coefficient (Wildman–Crippen LogP) is 2.48. The van der Waals surface area contributed by atoms with E-state index in [0.717, 1.165) is 32.7 Å². The zero-order valence-electron chi connectivity index (χ0n) is 13.1. The van der Waals surface area contributed by atoms with Gasteiger partial charge >= 0.3 is 0 Å². The van der Waals surface area contributed by atoms with Crippen LogP contribution in [0, 0.1) is 0 Å². The zero-order chi connectivity index (χ0) is 14.8. The second-order valence-corrected chi connectivity index (χ2v) is 6.52. The topological polar surface area (TPSA) is 37.4 Å². The van der Waals surface area contributed by atoms with Gasteiger partial charge in [0, 0.05) is 37.9 Å². The Kier molecular flexibility index (Phi) is 3.99. The van der Waals surface area contributed by atoms with Crippen LogP contribution in [-0.4, -0.2) is 39.0 Å². The van der Waals surface area contributed by atoms with E-state index in [-0.39, 0.29) is 0 Å². The Balaban J connectivity index is 1.39. The van der Waals surface area contributed by atoms with Crippen molar-refractivity contribution in [3.63, 3.8) is 0 Å². The van der Waals surface area contributed by atoms with Crippen LogP contribution in [-0.2, 0) is 26.2 Å². The summed E-state index contributed by atoms with van der Waals surface area (Å²) in [5.74, 6) is 1.21. The third kappa shape index (κ3) is 3.10. The van der Waals surface area contributed by atoms with E-state index in [9.17, 15) is 0 Å². The standard InChI is InChI=1S/C17H24N4O/c1-2-5-19(6-3-1)11-16-12-21-8-7-20(13-17(21)18-16)10-15-4-9-22-14-15/h4,9,12,14H,1-3,5-8,10-11,13H2. The second kappa shape index (κ2) is 6.26. The fourth-order valence-corrected chi connectivity index (χ4v) is 3.56. The molecule has 1 saturated heterocycles. The molecule has 2 aliphatic rings. The van der Waals surface area contributed by atoms with Crippen molar-refractivity contribution in [1.82, 2.24) is 19.4 Å². The number of piperidine rings is 1. The fraction of sp³-hybridized carbons (Fsp3) is 0.588. The van der Waals surface area contributed by atoms with E-state index in [4.69, 9.17) is 9.40 Å². The lowest BCUT2D eigenvalue weighted by atomic mass is 10.1. The van der Waals surface area contributed by atoms with Crippen molar-refractivity contribution in [2.45, 2.75) is 45.4 Å². The summed E-state index contributed by atoms with van der Waals surface area (Å²) in [6.07, 6.45) is 9.91. The highest BCUT2D eigenvalue weighted by molar-refractivity contribution is 5.09. The number of hydrogen-bond acceptors (Lipinski definition) is 4. The van der Waals surface area contributed by atoms with E-state index >= 15 is 0 Å². The van der Waals surface area contributed by atoms with Crippen molar-refractivity contribution in [2.24, 2.45) is 0 Å². The number of furan rings is 1. The van der Waals surface area contributed by atoms with E-state index in [1.807, 2.05) is 12.3 Å². The van der Waals surface area contributed by atoms with Crippen LogP contribution in [0.1, 0.15) is 36.3 Å². The van der Waals surface area contributed by atoms with Gasteiger partial charge in [-0.1, -0.05) is 6.42 Å². The molecule has 0 bridgehead atoms. The van der Waals surface area contributed by atoms with Gasteiger partial charge in [0.1, 0.15) is 5.82 Å². The molecule has 0 atom stereocenters. The molecule has 2 aliphatic heterocycles. The molecule has 0 aliphatic carbocycles. The van der Waals surface area contributed by atoms with Crippen LogP contribution in [0.25, 0.3) is 0 Å². The quantitative estimate of drug-likeness (QED) is 0.869. The first-order valence-electron chi connectivity index (χ1n) is 8.37. The molecule has 1 fully saturated rings. The molecule has 0 amide bonds. The summed E-state index contributed by atoms with van der Waals surface area (Å²) in [6.45, 7) is 7.49. The van der Waals surface area contributed by atoms with Gasteiger partial charge in [-0.3, -0.25) is 9.80 Å². The fourth-order valence-electron chi connectivity index (χ4n) is 3.56. The van der Waals surface area contributed by atoms with Crippen molar-refractivity contribution >= 4 is 0 Å². The van der Waals surface area contributed by atoms with Gasteiger partial charge in [-0.05, 0) is 32.0 Å². The minimum atomic E-state index is 0.936. The highest BCUT2D eigenvalue weighted by atomic mass is 16.3. The highest BCUT2D eigenvalue weighted by Crippen LogP contribution is 2.18. The lowest BCUT2D eigenvalue weighted by Gasteiger charge is -2.26. The van der Waals surface area contributed by atoms with Crippen molar-refractivity contribution < 1.29 is 4.42 Å². The van der Waals surface area contributed by atoms with E-state index < -0.39 is 0 Å². The second-order valence-electron chi connectivity index (χ2n) is 6.52. The monoisotopic (exact) mass is 300 g/mol. The first-order valence-corrected chi connectivity index (χ1v) is 8.37. The van der Waals surface area contributed by atoms with Crippen LogP contribution in [0.5, 0.6) is 0 Å². The van der Waals surface area contributed by atoms with Crippen LogP contribution in [0.3, 0.4) is 0 Å². The molecule has 0 aromatic carbocycles. The van der Waals surface area contributed by atoms with Crippen LogP contribution in [0.15, 0.2) is 29.2 Å². The summed E-state index contributed by atoms with van der Waals surface area (Å²) in [7, 11) is 0. The third-order valence-corrected chi connectivity index (χ3v) is 4.75. The molecule has 22 heavy (non-hydrogen) atoms. The minimum absolute atomic E-state index is 0.936. The molecule has 118 valence electrons. The summed E-state index contributed by atoms with van der Waals surface area (Å²) < 4.78 is 7.50. The van der Waals surface area contributed by atoms with Crippen molar-refractivity contribution in [3.8, 4) is 0 Å². The molecule has 2 aromatic rings. The Morgan fingerprint density at radius 3 is 2.73 bits per heavy atom. The molecular formula is C17H24N4O. The lowest BCUT2D eigenvalue weighted by Crippen LogP contribution is -2.33. The Morgan fingerprint density at radius 2 is 1.91 bits per heavy atom. The Labute approximate surface area is 131 Å². The average molecular weight is 300 g/mol. The summed E-state index contributed by atoms with van der Waals surface area (Å²) in [5, 5.41) is 0. The Hall–Kier alpha value is -1.59. The van der Waals surface area contributed by atoms with E-state index in [1.165, 1.54) is 49.4 Å². The van der Waals surface area contributed by atoms with Crippen molar-refractivity contribution in [1.29, 1.82) is 0 Å². The van der Waals surface area contributed by atoms with Gasteiger partial charge in [0.2, 0.25) is 0 Å². The van der Waals surface area contributed by atoms with Crippen LogP contribution in [0.4, 0.5) is 0 Å². The summed E-state index contributed by atoms with van der Waals surface area (Å²) in [6, 6.07) is 2.04. The average Bonchev–Trinajstić information content (AvgIpc) is 3.17. The van der Waals surface area contributed by atoms with Crippen molar-refractivity contribution in [2.75, 3.05) is 19.6 Å². The number of hydrogen-bond donors (Lipinski definition) is 0. The molecule has 0 unspecified atom stereocenters. The van der Waals surface area contributed by atoms with Gasteiger partial charge in [0.15, 0.2) is 0 Å². The largest absolute Gasteiger partial charge is 0.472 e. The maximum Gasteiger partial charge on any atom is 0.123 e. The molecule has 4 rings (SSSR count). The molecular weight excluding hydrogens is 276 g/mol. The van der Waals surface area contributed by atoms with E-state index in [2.05, 4.69) is 20.6 Å². The SMILES string of the molecule is c1cc(CN2CCn3cc(CN4CCCCC4)nc3C2)co1. The summed E-state index contributed by atoms with van der Waals surface area (Å²) in [4.78, 5) is 9.87. The zero-order valence-corrected chi connectivity index (χ0v) is 13.1. The Morgan fingerprint density at radius 1 is 1.00 bits per heavy atom. The molecule has 0 N–H and O–H groups in total. The van der Waals surface area contributed by atoms with Crippen LogP contribution >= 0.6 is 0 Å². The number of aromatic nitrogens is 2. The van der Waals surface area contributed by atoms with Gasteiger partial charge < -0.3 is 8.98 Å². The summed E-state index contributed by atoms with van der Waals surface area (Å²) >= 11 is 0. The van der Waals surface area contributed by atoms with E-state index in [0.29, 0.717) is 0 Å². The lowest BCUT2D eigenvalue weighted by molar-refractivity contribution is 0.208. The van der Waals surface area contributed by atoms with Gasteiger partial charge in [0.25, 0.3) is 0 Å². The molecule has 0 spiro atoms. The number of imidazole rings is 1. The minimum Gasteiger partial charge on any atom is -0.472 e. The molecule has 5 nitrogen and oxygen atoms in total. The normalized spacial score (nSPS) is 20.2. The summed E-state index contributed by atoms with van der Waals surface area (Å²) in [5.41, 5.74) is 2.48. The van der Waals surface area contributed by atoms with Crippen LogP contribution < -0.4 is 0 Å². The smallest absolute Gasteiger partial charge is 0.123 e. The van der Waals surface area contributed by atoms with Gasteiger partial charge in [0.05, 0.1) is 24.8 Å². The number of fused-ring (bicyclic) bond motifs is 1. The first kappa shape index (κ1) is 14.0. The predicted molar refractivity (Wildman–Crippen MR) is 84.2 cm³/mol.